The summed E-state index contributed by atoms with van der Waals surface area (Å²) in [5.74, 6) is -0.0243. The number of hydrogen-bond acceptors (Lipinski definition) is 4. The summed E-state index contributed by atoms with van der Waals surface area (Å²) in [6.45, 7) is 3.93. The van der Waals surface area contributed by atoms with Crippen LogP contribution in [0.25, 0.3) is 0 Å². The number of hydrogen-bond donors (Lipinski definition) is 2. The summed E-state index contributed by atoms with van der Waals surface area (Å²) in [5, 5.41) is 8.04. The fraction of sp³-hybridized carbons (Fsp3) is 0.333. The zero-order chi connectivity index (χ0) is 19.1. The summed E-state index contributed by atoms with van der Waals surface area (Å²) >= 11 is 0. The van der Waals surface area contributed by atoms with E-state index in [1.165, 1.54) is 15.8 Å². The smallest absolute Gasteiger partial charge is 0.235 e. The lowest BCUT2D eigenvalue weighted by atomic mass is 9.80. The maximum Gasteiger partial charge on any atom is 0.235 e. The standard InChI is InChI=1S/C18H23N5O2S/c1-11-6-4-5-7-14(11)13-8-15(21-22-18(19)20)17-12(2)10-23(16(17)9-13)26(3,24)25/h4-7,10,13H,8-9H2,1-3H3,(H4,19,20,22)/b21-15+. The molecule has 138 valence electrons. The second-order valence-corrected chi connectivity index (χ2v) is 8.59. The Balaban J connectivity index is 2.20. The van der Waals surface area contributed by atoms with Crippen molar-refractivity contribution in [2.45, 2.75) is 32.6 Å². The molecule has 1 unspecified atom stereocenters. The third-order valence-electron chi connectivity index (χ3n) is 4.70. The zero-order valence-electron chi connectivity index (χ0n) is 15.1. The third kappa shape index (κ3) is 3.37. The molecule has 4 N–H and O–H groups in total. The van der Waals surface area contributed by atoms with Crippen molar-refractivity contribution in [3.05, 3.63) is 58.4 Å². The van der Waals surface area contributed by atoms with Crippen molar-refractivity contribution in [1.29, 1.82) is 0 Å². The van der Waals surface area contributed by atoms with E-state index in [2.05, 4.69) is 29.3 Å². The first-order valence-corrected chi connectivity index (χ1v) is 10.2. The molecule has 1 aromatic heterocycles. The molecule has 0 saturated carbocycles. The molecule has 3 rings (SSSR count). The highest BCUT2D eigenvalue weighted by molar-refractivity contribution is 7.89. The number of aryl methyl sites for hydroxylation is 2. The number of guanidine groups is 1. The van der Waals surface area contributed by atoms with Crippen LogP contribution in [0.1, 0.15) is 40.3 Å². The van der Waals surface area contributed by atoms with Gasteiger partial charge in [-0.1, -0.05) is 24.3 Å². The molecule has 0 aliphatic heterocycles. The molecule has 0 radical (unpaired) electrons. The molecule has 1 heterocycles. The molecule has 0 fully saturated rings. The monoisotopic (exact) mass is 373 g/mol. The van der Waals surface area contributed by atoms with E-state index in [0.717, 1.165) is 22.4 Å². The Labute approximate surface area is 153 Å². The van der Waals surface area contributed by atoms with Crippen LogP contribution in [0.5, 0.6) is 0 Å². The number of rotatable bonds is 3. The van der Waals surface area contributed by atoms with Crippen molar-refractivity contribution in [1.82, 2.24) is 3.97 Å². The molecule has 8 heteroatoms. The highest BCUT2D eigenvalue weighted by Gasteiger charge is 2.32. The molecule has 7 nitrogen and oxygen atoms in total. The average Bonchev–Trinajstić information content (AvgIpc) is 2.90. The average molecular weight is 373 g/mol. The highest BCUT2D eigenvalue weighted by Crippen LogP contribution is 2.37. The Morgan fingerprint density at radius 1 is 1.15 bits per heavy atom. The van der Waals surface area contributed by atoms with Gasteiger partial charge in [-0.2, -0.15) is 5.10 Å². The Morgan fingerprint density at radius 3 is 2.46 bits per heavy atom. The summed E-state index contributed by atoms with van der Waals surface area (Å²) in [6.07, 6.45) is 4.10. The summed E-state index contributed by atoms with van der Waals surface area (Å²) in [5.41, 5.74) is 16.3. The van der Waals surface area contributed by atoms with Crippen molar-refractivity contribution in [3.63, 3.8) is 0 Å². The van der Waals surface area contributed by atoms with E-state index in [-0.39, 0.29) is 11.9 Å². The Morgan fingerprint density at radius 2 is 1.85 bits per heavy atom. The minimum absolute atomic E-state index is 0.103. The van der Waals surface area contributed by atoms with E-state index in [4.69, 9.17) is 11.5 Å². The van der Waals surface area contributed by atoms with Gasteiger partial charge >= 0.3 is 0 Å². The maximum absolute atomic E-state index is 12.3. The molecular formula is C18H23N5O2S. The van der Waals surface area contributed by atoms with Crippen molar-refractivity contribution in [2.75, 3.05) is 6.26 Å². The van der Waals surface area contributed by atoms with E-state index in [1.54, 1.807) is 6.20 Å². The second-order valence-electron chi connectivity index (χ2n) is 6.73. The molecule has 26 heavy (non-hydrogen) atoms. The lowest BCUT2D eigenvalue weighted by Gasteiger charge is -2.26. The Bertz CT molecular complexity index is 1010. The van der Waals surface area contributed by atoms with Crippen LogP contribution in [-0.2, 0) is 16.4 Å². The molecule has 0 saturated heterocycles. The van der Waals surface area contributed by atoms with E-state index in [1.807, 2.05) is 19.1 Å². The van der Waals surface area contributed by atoms with Gasteiger partial charge in [0.15, 0.2) is 0 Å². The van der Waals surface area contributed by atoms with Gasteiger partial charge in [0.2, 0.25) is 16.0 Å². The minimum atomic E-state index is -3.42. The van der Waals surface area contributed by atoms with Gasteiger partial charge in [0.05, 0.1) is 12.0 Å². The molecule has 1 aliphatic rings. The number of aromatic nitrogens is 1. The van der Waals surface area contributed by atoms with Crippen LogP contribution in [0.3, 0.4) is 0 Å². The van der Waals surface area contributed by atoms with Gasteiger partial charge in [-0.25, -0.2) is 12.4 Å². The highest BCUT2D eigenvalue weighted by atomic mass is 32.2. The summed E-state index contributed by atoms with van der Waals surface area (Å²) in [6, 6.07) is 8.11. The quantitative estimate of drug-likeness (QED) is 0.483. The second kappa shape index (κ2) is 6.60. The van der Waals surface area contributed by atoms with Crippen LogP contribution in [-0.4, -0.2) is 30.3 Å². The van der Waals surface area contributed by atoms with Crippen molar-refractivity contribution >= 4 is 21.7 Å². The van der Waals surface area contributed by atoms with E-state index < -0.39 is 10.0 Å². The van der Waals surface area contributed by atoms with Gasteiger partial charge < -0.3 is 11.5 Å². The van der Waals surface area contributed by atoms with E-state index >= 15 is 0 Å². The predicted octanol–water partition coefficient (Wildman–Crippen LogP) is 1.62. The number of benzene rings is 1. The van der Waals surface area contributed by atoms with Gasteiger partial charge in [-0.15, -0.1) is 5.10 Å². The lowest BCUT2D eigenvalue weighted by molar-refractivity contribution is 0.587. The van der Waals surface area contributed by atoms with Crippen molar-refractivity contribution in [3.8, 4) is 0 Å². The lowest BCUT2D eigenvalue weighted by Crippen LogP contribution is -2.25. The molecule has 0 amide bonds. The van der Waals surface area contributed by atoms with E-state index in [0.29, 0.717) is 18.6 Å². The fourth-order valence-corrected chi connectivity index (χ4v) is 4.57. The Kier molecular flexibility index (Phi) is 4.62. The molecule has 1 aromatic carbocycles. The summed E-state index contributed by atoms with van der Waals surface area (Å²) in [4.78, 5) is 0. The van der Waals surface area contributed by atoms with Gasteiger partial charge in [0, 0.05) is 17.5 Å². The first-order valence-electron chi connectivity index (χ1n) is 8.31. The van der Waals surface area contributed by atoms with Crippen molar-refractivity contribution in [2.24, 2.45) is 21.7 Å². The molecule has 0 spiro atoms. The molecule has 0 bridgehead atoms. The van der Waals surface area contributed by atoms with Crippen LogP contribution in [0.4, 0.5) is 0 Å². The van der Waals surface area contributed by atoms with Crippen LogP contribution in [0.15, 0.2) is 40.7 Å². The first kappa shape index (κ1) is 18.2. The maximum atomic E-state index is 12.3. The topological polar surface area (TPSA) is 116 Å². The van der Waals surface area contributed by atoms with Gasteiger partial charge in [-0.3, -0.25) is 0 Å². The van der Waals surface area contributed by atoms with Crippen molar-refractivity contribution < 1.29 is 8.42 Å². The largest absolute Gasteiger partial charge is 0.369 e. The first-order chi connectivity index (χ1) is 12.2. The molecule has 1 aliphatic carbocycles. The van der Waals surface area contributed by atoms with Gasteiger partial charge in [0.1, 0.15) is 0 Å². The zero-order valence-corrected chi connectivity index (χ0v) is 15.9. The molecular weight excluding hydrogens is 350 g/mol. The predicted molar refractivity (Wildman–Crippen MR) is 104 cm³/mol. The molecule has 2 aromatic rings. The number of nitrogens with two attached hydrogens (primary N) is 2. The SMILES string of the molecule is Cc1ccccc1C1C/C(=N\N=C(N)N)c2c(C)cn(S(C)(=O)=O)c2C1. The summed E-state index contributed by atoms with van der Waals surface area (Å²) < 4.78 is 25.9. The van der Waals surface area contributed by atoms with Crippen LogP contribution in [0.2, 0.25) is 0 Å². The number of fused-ring (bicyclic) bond motifs is 1. The number of nitrogens with zero attached hydrogens (tertiary/aromatic N) is 3. The van der Waals surface area contributed by atoms with Crippen LogP contribution < -0.4 is 11.5 Å². The van der Waals surface area contributed by atoms with E-state index in [9.17, 15) is 8.42 Å². The minimum Gasteiger partial charge on any atom is -0.369 e. The Hall–Kier alpha value is -2.61. The third-order valence-corrected chi connectivity index (χ3v) is 5.74. The fourth-order valence-electron chi connectivity index (χ4n) is 3.65. The van der Waals surface area contributed by atoms with Crippen LogP contribution >= 0.6 is 0 Å². The van der Waals surface area contributed by atoms with Gasteiger partial charge in [-0.05, 0) is 49.3 Å². The normalized spacial score (nSPS) is 18.6. The van der Waals surface area contributed by atoms with Gasteiger partial charge in [0.25, 0.3) is 0 Å². The van der Waals surface area contributed by atoms with Crippen LogP contribution in [0, 0.1) is 13.8 Å². The molecule has 1 atom stereocenters. The summed E-state index contributed by atoms with van der Waals surface area (Å²) in [7, 11) is -3.42.